The molecule has 1 aliphatic rings. The Morgan fingerprint density at radius 3 is 2.78 bits per heavy atom. The molecule has 1 N–H and O–H groups in total. The average molecular weight is 250 g/mol. The normalized spacial score (nSPS) is 20.7. The number of ether oxygens (including phenoxy) is 2. The van der Waals surface area contributed by atoms with Gasteiger partial charge < -0.3 is 14.6 Å². The molecule has 2 unspecified atom stereocenters. The number of benzene rings is 1. The molecule has 1 aromatic rings. The van der Waals surface area contributed by atoms with Gasteiger partial charge >= 0.3 is 5.97 Å². The molecule has 2 rings (SSSR count). The number of hydrogen-bond acceptors (Lipinski definition) is 4. The van der Waals surface area contributed by atoms with Gasteiger partial charge in [0.2, 0.25) is 0 Å². The summed E-state index contributed by atoms with van der Waals surface area (Å²) in [7, 11) is 0. The third kappa shape index (κ3) is 2.89. The highest BCUT2D eigenvalue weighted by atomic mass is 16.5. The number of esters is 1. The van der Waals surface area contributed by atoms with E-state index >= 15 is 0 Å². The van der Waals surface area contributed by atoms with Crippen molar-refractivity contribution in [3.63, 3.8) is 0 Å². The van der Waals surface area contributed by atoms with Gasteiger partial charge in [-0.3, -0.25) is 0 Å². The zero-order chi connectivity index (χ0) is 13.0. The Labute approximate surface area is 107 Å². The number of aliphatic hydroxyl groups excluding tert-OH is 1. The Morgan fingerprint density at radius 2 is 2.22 bits per heavy atom. The number of hydrogen-bond donors (Lipinski definition) is 1. The molecule has 0 bridgehead atoms. The maximum Gasteiger partial charge on any atom is 0.339 e. The Morgan fingerprint density at radius 1 is 1.50 bits per heavy atom. The first kappa shape index (κ1) is 13.1. The molecule has 98 valence electrons. The first-order valence-corrected chi connectivity index (χ1v) is 6.28. The summed E-state index contributed by atoms with van der Waals surface area (Å²) in [5.74, 6) is -0.609. The highest BCUT2D eigenvalue weighted by molar-refractivity contribution is 5.76. The van der Waals surface area contributed by atoms with Crippen molar-refractivity contribution in [1.82, 2.24) is 0 Å². The van der Waals surface area contributed by atoms with Crippen molar-refractivity contribution in [2.75, 3.05) is 13.2 Å². The smallest absolute Gasteiger partial charge is 0.339 e. The molecule has 0 amide bonds. The predicted octanol–water partition coefficient (Wildman–Crippen LogP) is 2.13. The van der Waals surface area contributed by atoms with Gasteiger partial charge in [-0.15, -0.1) is 0 Å². The van der Waals surface area contributed by atoms with Crippen LogP contribution in [-0.2, 0) is 14.3 Å². The maximum absolute atomic E-state index is 11.4. The molecule has 1 aliphatic heterocycles. The molecule has 18 heavy (non-hydrogen) atoms. The lowest BCUT2D eigenvalue weighted by atomic mass is 10.0. The van der Waals surface area contributed by atoms with Crippen molar-refractivity contribution in [3.8, 4) is 0 Å². The van der Waals surface area contributed by atoms with Crippen LogP contribution in [0.1, 0.15) is 43.1 Å². The molecular formula is C14H18O4. The standard InChI is InChI=1S/C14H18O4/c1-2-17-14(16)13(15)11-7-5-10(6-8-11)12-4-3-9-18-12/h5-8,12-13,15H,2-4,9H2,1H3. The molecule has 1 heterocycles. The van der Waals surface area contributed by atoms with E-state index in [2.05, 4.69) is 0 Å². The fraction of sp³-hybridized carbons (Fsp3) is 0.500. The second kappa shape index (κ2) is 5.98. The molecule has 0 aromatic heterocycles. The van der Waals surface area contributed by atoms with Gasteiger partial charge in [-0.05, 0) is 30.9 Å². The molecule has 0 aliphatic carbocycles. The van der Waals surface area contributed by atoms with Gasteiger partial charge in [-0.25, -0.2) is 4.79 Å². The van der Waals surface area contributed by atoms with Crippen LogP contribution in [0.4, 0.5) is 0 Å². The van der Waals surface area contributed by atoms with Crippen LogP contribution in [0, 0.1) is 0 Å². The summed E-state index contributed by atoms with van der Waals surface area (Å²) < 4.78 is 10.3. The molecule has 0 saturated carbocycles. The zero-order valence-corrected chi connectivity index (χ0v) is 10.5. The largest absolute Gasteiger partial charge is 0.464 e. The van der Waals surface area contributed by atoms with E-state index in [1.54, 1.807) is 19.1 Å². The average Bonchev–Trinajstić information content (AvgIpc) is 2.92. The van der Waals surface area contributed by atoms with Gasteiger partial charge in [0.05, 0.1) is 12.7 Å². The van der Waals surface area contributed by atoms with Gasteiger partial charge in [0.1, 0.15) is 0 Å². The third-order valence-electron chi connectivity index (χ3n) is 3.06. The lowest BCUT2D eigenvalue weighted by Crippen LogP contribution is -2.15. The van der Waals surface area contributed by atoms with Crippen LogP contribution in [-0.4, -0.2) is 24.3 Å². The van der Waals surface area contributed by atoms with Gasteiger partial charge in [-0.1, -0.05) is 24.3 Å². The molecule has 1 aromatic carbocycles. The SMILES string of the molecule is CCOC(=O)C(O)c1ccc(C2CCCO2)cc1. The van der Waals surface area contributed by atoms with Gasteiger partial charge in [0.25, 0.3) is 0 Å². The van der Waals surface area contributed by atoms with Crippen molar-refractivity contribution in [2.45, 2.75) is 32.0 Å². The first-order chi connectivity index (χ1) is 8.72. The van der Waals surface area contributed by atoms with Crippen LogP contribution in [0.5, 0.6) is 0 Å². The van der Waals surface area contributed by atoms with Gasteiger partial charge in [0.15, 0.2) is 6.10 Å². The van der Waals surface area contributed by atoms with E-state index in [9.17, 15) is 9.90 Å². The summed E-state index contributed by atoms with van der Waals surface area (Å²) in [5, 5.41) is 9.77. The monoisotopic (exact) mass is 250 g/mol. The van der Waals surface area contributed by atoms with E-state index in [0.29, 0.717) is 5.56 Å². The Hall–Kier alpha value is -1.39. The van der Waals surface area contributed by atoms with Crippen molar-refractivity contribution >= 4 is 5.97 Å². The van der Waals surface area contributed by atoms with Crippen LogP contribution >= 0.6 is 0 Å². The van der Waals surface area contributed by atoms with Crippen molar-refractivity contribution in [1.29, 1.82) is 0 Å². The number of carbonyl (C=O) groups excluding carboxylic acids is 1. The van der Waals surface area contributed by atoms with E-state index in [0.717, 1.165) is 25.0 Å². The summed E-state index contributed by atoms with van der Waals surface area (Å²) in [6, 6.07) is 7.29. The summed E-state index contributed by atoms with van der Waals surface area (Å²) >= 11 is 0. The first-order valence-electron chi connectivity index (χ1n) is 6.28. The Bertz CT molecular complexity index is 393. The lowest BCUT2D eigenvalue weighted by molar-refractivity contribution is -0.153. The summed E-state index contributed by atoms with van der Waals surface area (Å²) in [6.45, 7) is 2.78. The van der Waals surface area contributed by atoms with Crippen LogP contribution in [0.25, 0.3) is 0 Å². The van der Waals surface area contributed by atoms with E-state index < -0.39 is 12.1 Å². The van der Waals surface area contributed by atoms with Crippen molar-refractivity contribution < 1.29 is 19.4 Å². The van der Waals surface area contributed by atoms with Crippen molar-refractivity contribution in [3.05, 3.63) is 35.4 Å². The second-order valence-corrected chi connectivity index (χ2v) is 4.32. The lowest BCUT2D eigenvalue weighted by Gasteiger charge is -2.13. The number of carbonyl (C=O) groups is 1. The molecule has 2 atom stereocenters. The minimum absolute atomic E-state index is 0.152. The van der Waals surface area contributed by atoms with Crippen LogP contribution in [0.2, 0.25) is 0 Å². The number of rotatable bonds is 4. The molecule has 0 spiro atoms. The molecule has 1 saturated heterocycles. The van der Waals surface area contributed by atoms with E-state index in [-0.39, 0.29) is 12.7 Å². The fourth-order valence-corrected chi connectivity index (χ4v) is 2.09. The van der Waals surface area contributed by atoms with E-state index in [1.165, 1.54) is 0 Å². The Kier molecular flexibility index (Phi) is 4.33. The maximum atomic E-state index is 11.4. The molecule has 1 fully saturated rings. The van der Waals surface area contributed by atoms with Crippen LogP contribution in [0.3, 0.4) is 0 Å². The summed E-state index contributed by atoms with van der Waals surface area (Å²) in [4.78, 5) is 11.4. The summed E-state index contributed by atoms with van der Waals surface area (Å²) in [5.41, 5.74) is 1.64. The molecule has 4 heteroatoms. The molecular weight excluding hydrogens is 232 g/mol. The van der Waals surface area contributed by atoms with Gasteiger partial charge in [-0.2, -0.15) is 0 Å². The highest BCUT2D eigenvalue weighted by Crippen LogP contribution is 2.29. The van der Waals surface area contributed by atoms with Crippen LogP contribution < -0.4 is 0 Å². The zero-order valence-electron chi connectivity index (χ0n) is 10.5. The van der Waals surface area contributed by atoms with E-state index in [1.807, 2.05) is 12.1 Å². The topological polar surface area (TPSA) is 55.8 Å². The predicted molar refractivity (Wildman–Crippen MR) is 66.0 cm³/mol. The Balaban J connectivity index is 2.04. The number of aliphatic hydroxyl groups is 1. The van der Waals surface area contributed by atoms with Crippen molar-refractivity contribution in [2.24, 2.45) is 0 Å². The molecule has 4 nitrogen and oxygen atoms in total. The quantitative estimate of drug-likeness (QED) is 0.832. The second-order valence-electron chi connectivity index (χ2n) is 4.32. The summed E-state index contributed by atoms with van der Waals surface area (Å²) in [6.07, 6.45) is 1.06. The minimum atomic E-state index is -1.21. The third-order valence-corrected chi connectivity index (χ3v) is 3.06. The minimum Gasteiger partial charge on any atom is -0.464 e. The highest BCUT2D eigenvalue weighted by Gasteiger charge is 2.20. The molecule has 0 radical (unpaired) electrons. The fourth-order valence-electron chi connectivity index (χ4n) is 2.09. The van der Waals surface area contributed by atoms with E-state index in [4.69, 9.17) is 9.47 Å². The van der Waals surface area contributed by atoms with Gasteiger partial charge in [0, 0.05) is 6.61 Å². The van der Waals surface area contributed by atoms with Crippen LogP contribution in [0.15, 0.2) is 24.3 Å².